The predicted molar refractivity (Wildman–Crippen MR) is 200 cm³/mol. The van der Waals surface area contributed by atoms with Gasteiger partial charge in [-0.1, -0.05) is 31.6 Å². The average molecular weight is 870 g/mol. The lowest BCUT2D eigenvalue weighted by molar-refractivity contribution is -0.304. The number of aliphatic hydroxyl groups is 4. The minimum absolute atomic E-state index is 0.00673. The number of rotatable bonds is 10. The minimum atomic E-state index is -1.32. The number of nitrogens with zero attached hydrogens (tertiary/aromatic N) is 1. The highest BCUT2D eigenvalue weighted by Gasteiger charge is 2.48. The molecule has 3 heterocycles. The van der Waals surface area contributed by atoms with E-state index in [9.17, 15) is 34.8 Å². The maximum atomic E-state index is 13.5. The Kier molecular flexibility index (Phi) is 18.4. The molecule has 17 atom stereocenters. The van der Waals surface area contributed by atoms with E-state index >= 15 is 0 Å². The van der Waals surface area contributed by atoms with Crippen molar-refractivity contribution in [1.29, 1.82) is 0 Å². The molecular formula is C37H60INO14. The molecule has 2 saturated heterocycles. The van der Waals surface area contributed by atoms with Gasteiger partial charge in [0.25, 0.3) is 0 Å². The van der Waals surface area contributed by atoms with Crippen LogP contribution in [0.25, 0.3) is 0 Å². The number of methoxy groups -OCH3 is 2. The molecular weight excluding hydrogens is 809 g/mol. The minimum Gasteiger partial charge on any atom is -0.451 e. The van der Waals surface area contributed by atoms with Gasteiger partial charge in [-0.3, -0.25) is 9.59 Å². The maximum absolute atomic E-state index is 13.5. The fraction of sp³-hybridized carbons (Fsp3) is 0.811. The molecule has 0 aromatic carbocycles. The zero-order valence-corrected chi connectivity index (χ0v) is 34.3. The van der Waals surface area contributed by atoms with Crippen LogP contribution in [0.4, 0.5) is 0 Å². The van der Waals surface area contributed by atoms with Gasteiger partial charge in [-0.2, -0.15) is 0 Å². The van der Waals surface area contributed by atoms with E-state index in [0.29, 0.717) is 11.9 Å². The van der Waals surface area contributed by atoms with E-state index in [0.717, 1.165) is 0 Å². The summed E-state index contributed by atoms with van der Waals surface area (Å²) >= 11 is 1.98. The molecule has 3 rings (SSSR count). The number of ketones is 1. The lowest BCUT2D eigenvalue weighted by atomic mass is 9.79. The standard InChI is InChI=1S/C37H60INO14/c1-18-10-11-25(41)19(2)15-23(12-13-40)32(53-36-31(46)28(39(6)7)29(44)21(4)50-36)20(3)26(42)16-27(43)52-35(38)24(14-18)17-49-37-34(48-9)33(47-8)30(45)22(5)51-37/h10-11,13-14,19-24,26,28-37,42,44-46H,12,15-17H2,1-9H3/b11-10+,18-14+/t19-,20+,21?,22?,23+,24?,26-,28?,29-,30-,31?,32-,33?,34?,35+,36+,37-/m1/s1. The van der Waals surface area contributed by atoms with Gasteiger partial charge in [0, 0.05) is 38.4 Å². The molecule has 0 saturated carbocycles. The predicted octanol–water partition coefficient (Wildman–Crippen LogP) is 1.54. The first kappa shape index (κ1) is 46.0. The van der Waals surface area contributed by atoms with E-state index in [1.807, 2.05) is 28.7 Å². The first-order chi connectivity index (χ1) is 24.9. The fourth-order valence-corrected chi connectivity index (χ4v) is 7.96. The molecule has 53 heavy (non-hydrogen) atoms. The van der Waals surface area contributed by atoms with E-state index in [2.05, 4.69) is 0 Å². The fourth-order valence-electron chi connectivity index (χ4n) is 7.27. The number of carbonyl (C=O) groups is 3. The van der Waals surface area contributed by atoms with Gasteiger partial charge in [-0.05, 0) is 75.9 Å². The molecule has 3 aliphatic heterocycles. The first-order valence-electron chi connectivity index (χ1n) is 18.1. The Morgan fingerprint density at radius 2 is 1.53 bits per heavy atom. The van der Waals surface area contributed by atoms with Crippen molar-refractivity contribution in [1.82, 2.24) is 4.90 Å². The number of aliphatic hydroxyl groups excluding tert-OH is 4. The van der Waals surface area contributed by atoms with Crippen molar-refractivity contribution in [3.8, 4) is 0 Å². The molecule has 16 heteroatoms. The van der Waals surface area contributed by atoms with Gasteiger partial charge in [-0.15, -0.1) is 0 Å². The Bertz CT molecular complexity index is 1250. The number of aldehydes is 1. The summed E-state index contributed by atoms with van der Waals surface area (Å²) in [6.45, 7) is 8.55. The topological polar surface area (TPSA) is 200 Å². The molecule has 3 aliphatic rings. The first-order valence-corrected chi connectivity index (χ1v) is 19.4. The third-order valence-electron chi connectivity index (χ3n) is 10.5. The van der Waals surface area contributed by atoms with Gasteiger partial charge in [0.15, 0.2) is 22.5 Å². The number of carbonyl (C=O) groups excluding carboxylic acids is 3. The number of allylic oxidation sites excluding steroid dienone is 3. The van der Waals surface area contributed by atoms with Crippen LogP contribution in [-0.4, -0.2) is 156 Å². The van der Waals surface area contributed by atoms with Crippen molar-refractivity contribution in [3.05, 3.63) is 23.8 Å². The van der Waals surface area contributed by atoms with Crippen LogP contribution in [0.1, 0.15) is 53.9 Å². The van der Waals surface area contributed by atoms with Gasteiger partial charge < -0.3 is 63.3 Å². The molecule has 0 spiro atoms. The highest BCUT2D eigenvalue weighted by molar-refractivity contribution is 14.1. The lowest BCUT2D eigenvalue weighted by Crippen LogP contribution is -2.63. The van der Waals surface area contributed by atoms with Crippen molar-refractivity contribution in [2.45, 2.75) is 132 Å². The second-order valence-corrected chi connectivity index (χ2v) is 16.0. The quantitative estimate of drug-likeness (QED) is 0.107. The van der Waals surface area contributed by atoms with Gasteiger partial charge >= 0.3 is 5.97 Å². The zero-order chi connectivity index (χ0) is 39.7. The van der Waals surface area contributed by atoms with E-state index in [-0.39, 0.29) is 25.2 Å². The molecule has 0 aliphatic carbocycles. The number of hydrogen-bond donors (Lipinski definition) is 4. The number of likely N-dealkylation sites (N-methyl/N-ethyl adjacent to an activating group) is 1. The number of hydrogen-bond acceptors (Lipinski definition) is 15. The smallest absolute Gasteiger partial charge is 0.309 e. The average Bonchev–Trinajstić information content (AvgIpc) is 3.09. The lowest BCUT2D eigenvalue weighted by Gasteiger charge is -2.46. The number of cyclic esters (lactones) is 1. The number of alkyl halides is 1. The highest BCUT2D eigenvalue weighted by atomic mass is 127. The zero-order valence-electron chi connectivity index (χ0n) is 32.1. The van der Waals surface area contributed by atoms with E-state index in [1.54, 1.807) is 59.7 Å². The molecule has 0 aromatic heterocycles. The second-order valence-electron chi connectivity index (χ2n) is 14.8. The second kappa shape index (κ2) is 21.2. The van der Waals surface area contributed by atoms with E-state index in [1.165, 1.54) is 20.3 Å². The molecule has 304 valence electrons. The van der Waals surface area contributed by atoms with Crippen LogP contribution in [-0.2, 0) is 47.5 Å². The van der Waals surface area contributed by atoms with E-state index in [4.69, 9.17) is 33.2 Å². The Balaban J connectivity index is 1.93. The number of esters is 1. The molecule has 0 bridgehead atoms. The summed E-state index contributed by atoms with van der Waals surface area (Å²) in [7, 11) is 6.34. The van der Waals surface area contributed by atoms with Crippen molar-refractivity contribution in [2.75, 3.05) is 34.9 Å². The van der Waals surface area contributed by atoms with Crippen LogP contribution in [0, 0.1) is 23.7 Å². The van der Waals surface area contributed by atoms with Crippen molar-refractivity contribution >= 4 is 40.6 Å². The number of ether oxygens (including phenoxy) is 7. The van der Waals surface area contributed by atoms with Crippen molar-refractivity contribution in [3.63, 3.8) is 0 Å². The highest BCUT2D eigenvalue weighted by Crippen LogP contribution is 2.35. The molecule has 0 aromatic rings. The van der Waals surface area contributed by atoms with Crippen LogP contribution >= 0.6 is 22.6 Å². The van der Waals surface area contributed by atoms with Crippen LogP contribution < -0.4 is 0 Å². The summed E-state index contributed by atoms with van der Waals surface area (Å²) in [5.41, 5.74) is 0.685. The molecule has 2 fully saturated rings. The summed E-state index contributed by atoms with van der Waals surface area (Å²) in [5.74, 6) is -3.43. The molecule has 7 unspecified atom stereocenters. The van der Waals surface area contributed by atoms with Crippen LogP contribution in [0.5, 0.6) is 0 Å². The van der Waals surface area contributed by atoms with Crippen LogP contribution in [0.3, 0.4) is 0 Å². The van der Waals surface area contributed by atoms with Gasteiger partial charge in [0.1, 0.15) is 30.7 Å². The Hall–Kier alpha value is -1.42. The van der Waals surface area contributed by atoms with Gasteiger partial charge in [-0.25, -0.2) is 0 Å². The molecule has 4 N–H and O–H groups in total. The number of halogens is 1. The van der Waals surface area contributed by atoms with Crippen LogP contribution in [0.2, 0.25) is 0 Å². The van der Waals surface area contributed by atoms with Gasteiger partial charge in [0.05, 0.1) is 49.6 Å². The summed E-state index contributed by atoms with van der Waals surface area (Å²) in [5, 5.41) is 44.1. The monoisotopic (exact) mass is 869 g/mol. The Morgan fingerprint density at radius 1 is 0.906 bits per heavy atom. The molecule has 0 amide bonds. The normalized spacial score (nSPS) is 44.2. The van der Waals surface area contributed by atoms with Crippen LogP contribution in [0.15, 0.2) is 23.8 Å². The Morgan fingerprint density at radius 3 is 2.13 bits per heavy atom. The maximum Gasteiger partial charge on any atom is 0.309 e. The largest absolute Gasteiger partial charge is 0.451 e. The van der Waals surface area contributed by atoms with Crippen molar-refractivity contribution < 1.29 is 68.0 Å². The summed E-state index contributed by atoms with van der Waals surface area (Å²) in [6, 6.07) is -0.740. The molecule has 0 radical (unpaired) electrons. The van der Waals surface area contributed by atoms with Gasteiger partial charge in [0.2, 0.25) is 0 Å². The SMILES string of the molecule is COC1C(OC)[C@H](O)C(C)O[C@H]1OCC1/C=C(C)/C=C/C(=O)[C@H](C)C[C@H](CC=O)[C@H](O[C@@H]2OC(C)[C@@H](O)C(N(C)C)C2O)[C@@H](C)[C@H](O)CC(=O)O[C@@H]1I. The summed E-state index contributed by atoms with van der Waals surface area (Å²) < 4.78 is 40.5. The third-order valence-corrected chi connectivity index (χ3v) is 11.7. The van der Waals surface area contributed by atoms with E-state index < -0.39 is 114 Å². The molecule has 15 nitrogen and oxygen atoms in total. The summed E-state index contributed by atoms with van der Waals surface area (Å²) in [6.07, 6.45) is -5.13. The van der Waals surface area contributed by atoms with Crippen molar-refractivity contribution in [2.24, 2.45) is 23.7 Å². The third kappa shape index (κ3) is 12.0. The Labute approximate surface area is 326 Å². The summed E-state index contributed by atoms with van der Waals surface area (Å²) in [4.78, 5) is 40.5.